The summed E-state index contributed by atoms with van der Waals surface area (Å²) in [5.74, 6) is 0. The first-order chi connectivity index (χ1) is 7.13. The van der Waals surface area contributed by atoms with E-state index in [0.717, 1.165) is 0 Å². The Morgan fingerprint density at radius 1 is 1.27 bits per heavy atom. The molecule has 0 saturated carbocycles. The molecular formula is C13H28N2. The lowest BCUT2D eigenvalue weighted by Gasteiger charge is -2.40. The molecule has 2 nitrogen and oxygen atoms in total. The fraction of sp³-hybridized carbons (Fsp3) is 1.00. The van der Waals surface area contributed by atoms with E-state index in [9.17, 15) is 0 Å². The zero-order valence-electron chi connectivity index (χ0n) is 11.0. The average Bonchev–Trinajstić information content (AvgIpc) is 2.28. The van der Waals surface area contributed by atoms with Crippen molar-refractivity contribution in [2.75, 3.05) is 26.7 Å². The van der Waals surface area contributed by atoms with E-state index >= 15 is 0 Å². The molecule has 0 radical (unpaired) electrons. The maximum Gasteiger partial charge on any atom is 0.0189 e. The summed E-state index contributed by atoms with van der Waals surface area (Å²) in [7, 11) is 2.08. The molecule has 1 aliphatic heterocycles. The lowest BCUT2D eigenvalue weighted by atomic mass is 9.78. The lowest BCUT2D eigenvalue weighted by Crippen LogP contribution is -2.45. The zero-order valence-corrected chi connectivity index (χ0v) is 11.0. The van der Waals surface area contributed by atoms with E-state index in [1.807, 2.05) is 0 Å². The molecule has 0 aromatic heterocycles. The summed E-state index contributed by atoms with van der Waals surface area (Å²) in [4.78, 5) is 2.63. The average molecular weight is 212 g/mol. The van der Waals surface area contributed by atoms with Crippen LogP contribution in [0.1, 0.15) is 46.5 Å². The molecule has 0 aliphatic carbocycles. The standard InChI is InChI=1S/C13H28N2/c1-5-12(14-4)11-15-9-7-13(3,6-2)8-10-15/h12,14H,5-11H2,1-4H3. The smallest absolute Gasteiger partial charge is 0.0189 e. The molecule has 0 aromatic carbocycles. The second-order valence-corrected chi connectivity index (χ2v) is 5.36. The van der Waals surface area contributed by atoms with Crippen LogP contribution in [0.5, 0.6) is 0 Å². The third-order valence-electron chi connectivity index (χ3n) is 4.30. The van der Waals surface area contributed by atoms with Crippen molar-refractivity contribution >= 4 is 0 Å². The summed E-state index contributed by atoms with van der Waals surface area (Å²) < 4.78 is 0. The van der Waals surface area contributed by atoms with Crippen molar-refractivity contribution in [1.29, 1.82) is 0 Å². The van der Waals surface area contributed by atoms with Gasteiger partial charge < -0.3 is 10.2 Å². The van der Waals surface area contributed by atoms with Gasteiger partial charge in [0.05, 0.1) is 0 Å². The minimum absolute atomic E-state index is 0.623. The Bertz CT molecular complexity index is 167. The summed E-state index contributed by atoms with van der Waals surface area (Å²) in [6.07, 6.45) is 5.33. The third-order valence-corrected chi connectivity index (χ3v) is 4.30. The quantitative estimate of drug-likeness (QED) is 0.753. The van der Waals surface area contributed by atoms with E-state index in [4.69, 9.17) is 0 Å². The van der Waals surface area contributed by atoms with Crippen molar-refractivity contribution in [3.8, 4) is 0 Å². The van der Waals surface area contributed by atoms with E-state index in [0.29, 0.717) is 11.5 Å². The van der Waals surface area contributed by atoms with Crippen molar-refractivity contribution < 1.29 is 0 Å². The number of nitrogens with zero attached hydrogens (tertiary/aromatic N) is 1. The van der Waals surface area contributed by atoms with Crippen LogP contribution >= 0.6 is 0 Å². The lowest BCUT2D eigenvalue weighted by molar-refractivity contribution is 0.106. The first-order valence-electron chi connectivity index (χ1n) is 6.53. The van der Waals surface area contributed by atoms with Crippen LogP contribution in [0.3, 0.4) is 0 Å². The van der Waals surface area contributed by atoms with Gasteiger partial charge in [-0.15, -0.1) is 0 Å². The summed E-state index contributed by atoms with van der Waals surface area (Å²) in [5.41, 5.74) is 0.623. The molecule has 1 saturated heterocycles. The SMILES string of the molecule is CCC(CN1CCC(C)(CC)CC1)NC. The van der Waals surface area contributed by atoms with Gasteiger partial charge in [-0.1, -0.05) is 27.2 Å². The first-order valence-corrected chi connectivity index (χ1v) is 6.53. The second kappa shape index (κ2) is 5.86. The molecule has 1 aliphatic rings. The van der Waals surface area contributed by atoms with Gasteiger partial charge in [-0.3, -0.25) is 0 Å². The van der Waals surface area contributed by atoms with Crippen LogP contribution in [0.2, 0.25) is 0 Å². The van der Waals surface area contributed by atoms with Crippen molar-refractivity contribution in [2.24, 2.45) is 5.41 Å². The molecule has 0 aromatic rings. The van der Waals surface area contributed by atoms with Gasteiger partial charge >= 0.3 is 0 Å². The van der Waals surface area contributed by atoms with Gasteiger partial charge in [-0.25, -0.2) is 0 Å². The molecule has 15 heavy (non-hydrogen) atoms. The highest BCUT2D eigenvalue weighted by Crippen LogP contribution is 2.33. The number of rotatable bonds is 5. The van der Waals surface area contributed by atoms with E-state index in [1.54, 1.807) is 0 Å². The Morgan fingerprint density at radius 3 is 2.27 bits per heavy atom. The van der Waals surface area contributed by atoms with Crippen molar-refractivity contribution in [3.63, 3.8) is 0 Å². The van der Waals surface area contributed by atoms with Crippen molar-refractivity contribution in [1.82, 2.24) is 10.2 Å². The Hall–Kier alpha value is -0.0800. The summed E-state index contributed by atoms with van der Waals surface area (Å²) in [6, 6.07) is 0.677. The Morgan fingerprint density at radius 2 is 1.87 bits per heavy atom. The molecule has 90 valence electrons. The predicted molar refractivity (Wildman–Crippen MR) is 67.2 cm³/mol. The maximum absolute atomic E-state index is 3.39. The van der Waals surface area contributed by atoms with Crippen molar-refractivity contribution in [2.45, 2.75) is 52.5 Å². The number of piperidine rings is 1. The largest absolute Gasteiger partial charge is 0.316 e. The van der Waals surface area contributed by atoms with Crippen LogP contribution < -0.4 is 5.32 Å². The molecule has 2 heteroatoms. The van der Waals surface area contributed by atoms with Gasteiger partial charge in [0, 0.05) is 12.6 Å². The van der Waals surface area contributed by atoms with Crippen LogP contribution in [-0.2, 0) is 0 Å². The Kier molecular flexibility index (Phi) is 5.07. The van der Waals surface area contributed by atoms with Gasteiger partial charge in [-0.05, 0) is 44.8 Å². The Balaban J connectivity index is 2.31. The summed E-state index contributed by atoms with van der Waals surface area (Å²) in [5, 5.41) is 3.39. The highest BCUT2D eigenvalue weighted by Gasteiger charge is 2.28. The fourth-order valence-corrected chi connectivity index (χ4v) is 2.37. The van der Waals surface area contributed by atoms with Crippen LogP contribution in [-0.4, -0.2) is 37.6 Å². The van der Waals surface area contributed by atoms with Crippen LogP contribution in [0.25, 0.3) is 0 Å². The highest BCUT2D eigenvalue weighted by molar-refractivity contribution is 4.82. The molecule has 0 bridgehead atoms. The molecule has 0 amide bonds. The number of nitrogens with one attached hydrogen (secondary N) is 1. The number of likely N-dealkylation sites (tertiary alicyclic amines) is 1. The van der Waals surface area contributed by atoms with Gasteiger partial charge in [-0.2, -0.15) is 0 Å². The normalized spacial score (nSPS) is 24.0. The third kappa shape index (κ3) is 3.76. The van der Waals surface area contributed by atoms with E-state index in [-0.39, 0.29) is 0 Å². The van der Waals surface area contributed by atoms with E-state index in [2.05, 4.69) is 38.0 Å². The van der Waals surface area contributed by atoms with Gasteiger partial charge in [0.1, 0.15) is 0 Å². The number of hydrogen-bond donors (Lipinski definition) is 1. The fourth-order valence-electron chi connectivity index (χ4n) is 2.37. The first kappa shape index (κ1) is 13.0. The zero-order chi connectivity index (χ0) is 11.3. The van der Waals surface area contributed by atoms with Gasteiger partial charge in [0.15, 0.2) is 0 Å². The maximum atomic E-state index is 3.39. The monoisotopic (exact) mass is 212 g/mol. The minimum Gasteiger partial charge on any atom is -0.316 e. The Labute approximate surface area is 95.4 Å². The summed E-state index contributed by atoms with van der Waals surface area (Å²) in [6.45, 7) is 10.9. The van der Waals surface area contributed by atoms with Crippen LogP contribution in [0.15, 0.2) is 0 Å². The second-order valence-electron chi connectivity index (χ2n) is 5.36. The van der Waals surface area contributed by atoms with Crippen LogP contribution in [0, 0.1) is 5.41 Å². The molecule has 1 atom stereocenters. The van der Waals surface area contributed by atoms with E-state index in [1.165, 1.54) is 45.3 Å². The number of likely N-dealkylation sites (N-methyl/N-ethyl adjacent to an activating group) is 1. The molecule has 1 N–H and O–H groups in total. The molecule has 1 unspecified atom stereocenters. The van der Waals surface area contributed by atoms with Gasteiger partial charge in [0.25, 0.3) is 0 Å². The van der Waals surface area contributed by atoms with Crippen molar-refractivity contribution in [3.05, 3.63) is 0 Å². The highest BCUT2D eigenvalue weighted by atomic mass is 15.2. The summed E-state index contributed by atoms with van der Waals surface area (Å²) >= 11 is 0. The predicted octanol–water partition coefficient (Wildman–Crippen LogP) is 2.50. The molecule has 0 spiro atoms. The topological polar surface area (TPSA) is 15.3 Å². The van der Waals surface area contributed by atoms with Crippen LogP contribution in [0.4, 0.5) is 0 Å². The molecular weight excluding hydrogens is 184 g/mol. The molecule has 1 heterocycles. The van der Waals surface area contributed by atoms with E-state index < -0.39 is 0 Å². The van der Waals surface area contributed by atoms with Gasteiger partial charge in [0.2, 0.25) is 0 Å². The number of hydrogen-bond acceptors (Lipinski definition) is 2. The molecule has 1 fully saturated rings. The molecule has 1 rings (SSSR count). The minimum atomic E-state index is 0.623.